The molecule has 0 atom stereocenters. The van der Waals surface area contributed by atoms with Crippen molar-refractivity contribution in [3.05, 3.63) is 23.3 Å². The molecule has 2 N–H and O–H groups in total. The largest absolute Gasteiger partial charge is 0.493 e. The van der Waals surface area contributed by atoms with Crippen LogP contribution in [0.3, 0.4) is 0 Å². The summed E-state index contributed by atoms with van der Waals surface area (Å²) in [5.74, 6) is 1.66. The summed E-state index contributed by atoms with van der Waals surface area (Å²) in [7, 11) is 3.39. The van der Waals surface area contributed by atoms with E-state index in [1.165, 1.54) is 30.4 Å². The van der Waals surface area contributed by atoms with Crippen LogP contribution >= 0.6 is 0 Å². The quantitative estimate of drug-likeness (QED) is 0.903. The molecule has 3 rings (SSSR count). The Hall–Kier alpha value is -1.26. The maximum absolute atomic E-state index is 6.00. The summed E-state index contributed by atoms with van der Waals surface area (Å²) in [5.41, 5.74) is 9.14. The maximum Gasteiger partial charge on any atom is 0.161 e. The summed E-state index contributed by atoms with van der Waals surface area (Å²) in [4.78, 5) is 2.56. The van der Waals surface area contributed by atoms with E-state index in [1.807, 2.05) is 0 Å². The Bertz CT molecular complexity index is 506. The van der Waals surface area contributed by atoms with Gasteiger partial charge in [0.15, 0.2) is 11.5 Å². The number of ether oxygens (including phenoxy) is 2. The Morgan fingerprint density at radius 3 is 2.33 bits per heavy atom. The molecular formula is C17H26N2O2. The van der Waals surface area contributed by atoms with Crippen LogP contribution in [0.25, 0.3) is 0 Å². The Labute approximate surface area is 127 Å². The highest BCUT2D eigenvalue weighted by molar-refractivity contribution is 5.48. The lowest BCUT2D eigenvalue weighted by molar-refractivity contribution is 0.0679. The van der Waals surface area contributed by atoms with E-state index in [0.717, 1.165) is 44.1 Å². The van der Waals surface area contributed by atoms with E-state index in [2.05, 4.69) is 17.0 Å². The Morgan fingerprint density at radius 1 is 1.14 bits per heavy atom. The molecule has 1 fully saturated rings. The van der Waals surface area contributed by atoms with E-state index in [4.69, 9.17) is 15.2 Å². The first kappa shape index (κ1) is 14.7. The van der Waals surface area contributed by atoms with Gasteiger partial charge in [0.1, 0.15) is 0 Å². The van der Waals surface area contributed by atoms with Crippen molar-refractivity contribution in [2.45, 2.75) is 32.2 Å². The van der Waals surface area contributed by atoms with Crippen LogP contribution in [-0.4, -0.2) is 38.8 Å². The molecule has 2 aliphatic rings. The molecule has 0 aromatic heterocycles. The SMILES string of the molecule is COc1cc2c(cc1OC)CN(CC1(CN)CCC1)CC2. The molecule has 0 saturated heterocycles. The van der Waals surface area contributed by atoms with Gasteiger partial charge in [-0.25, -0.2) is 0 Å². The molecule has 1 heterocycles. The lowest BCUT2D eigenvalue weighted by atomic mass is 9.68. The van der Waals surface area contributed by atoms with E-state index in [0.29, 0.717) is 5.41 Å². The minimum absolute atomic E-state index is 0.383. The summed E-state index contributed by atoms with van der Waals surface area (Å²) in [6.07, 6.45) is 5.00. The number of hydrogen-bond acceptors (Lipinski definition) is 4. The molecule has 0 spiro atoms. The molecule has 4 heteroatoms. The molecule has 116 valence electrons. The molecule has 4 nitrogen and oxygen atoms in total. The molecule has 1 aliphatic carbocycles. The van der Waals surface area contributed by atoms with Crippen LogP contribution in [0.15, 0.2) is 12.1 Å². The molecule has 0 radical (unpaired) electrons. The molecule has 1 aromatic carbocycles. The molecule has 0 unspecified atom stereocenters. The number of benzene rings is 1. The normalized spacial score (nSPS) is 20.5. The molecule has 21 heavy (non-hydrogen) atoms. The fraction of sp³-hybridized carbons (Fsp3) is 0.647. The highest BCUT2D eigenvalue weighted by atomic mass is 16.5. The van der Waals surface area contributed by atoms with Crippen molar-refractivity contribution in [3.8, 4) is 11.5 Å². The van der Waals surface area contributed by atoms with Gasteiger partial charge in [-0.3, -0.25) is 4.90 Å². The van der Waals surface area contributed by atoms with Gasteiger partial charge in [0.25, 0.3) is 0 Å². The molecule has 0 amide bonds. The summed E-state index contributed by atoms with van der Waals surface area (Å²) in [6, 6.07) is 4.27. The second-order valence-electron chi connectivity index (χ2n) is 6.49. The van der Waals surface area contributed by atoms with Gasteiger partial charge in [0.2, 0.25) is 0 Å². The van der Waals surface area contributed by atoms with E-state index >= 15 is 0 Å². The van der Waals surface area contributed by atoms with E-state index < -0.39 is 0 Å². The van der Waals surface area contributed by atoms with Crippen molar-refractivity contribution in [2.75, 3.05) is 33.9 Å². The van der Waals surface area contributed by atoms with E-state index in [1.54, 1.807) is 14.2 Å². The zero-order chi connectivity index (χ0) is 14.9. The molecule has 1 aromatic rings. The van der Waals surface area contributed by atoms with Crippen LogP contribution in [0.2, 0.25) is 0 Å². The van der Waals surface area contributed by atoms with Gasteiger partial charge >= 0.3 is 0 Å². The molecular weight excluding hydrogens is 264 g/mol. The second-order valence-corrected chi connectivity index (χ2v) is 6.49. The highest BCUT2D eigenvalue weighted by Crippen LogP contribution is 2.41. The fourth-order valence-electron chi connectivity index (χ4n) is 3.65. The van der Waals surface area contributed by atoms with Crippen molar-refractivity contribution in [1.29, 1.82) is 0 Å². The summed E-state index contributed by atoms with van der Waals surface area (Å²) in [5, 5.41) is 0. The van der Waals surface area contributed by atoms with E-state index in [9.17, 15) is 0 Å². The fourth-order valence-corrected chi connectivity index (χ4v) is 3.65. The predicted molar refractivity (Wildman–Crippen MR) is 83.9 cm³/mol. The first-order chi connectivity index (χ1) is 10.2. The van der Waals surface area contributed by atoms with Crippen molar-refractivity contribution in [1.82, 2.24) is 4.90 Å². The van der Waals surface area contributed by atoms with Crippen molar-refractivity contribution < 1.29 is 9.47 Å². The second kappa shape index (κ2) is 5.85. The van der Waals surface area contributed by atoms with Gasteiger partial charge in [-0.1, -0.05) is 6.42 Å². The van der Waals surface area contributed by atoms with Gasteiger partial charge < -0.3 is 15.2 Å². The Morgan fingerprint density at radius 2 is 1.81 bits per heavy atom. The summed E-state index contributed by atoms with van der Waals surface area (Å²) in [6.45, 7) is 4.07. The first-order valence-corrected chi connectivity index (χ1v) is 7.86. The van der Waals surface area contributed by atoms with Gasteiger partial charge in [0.05, 0.1) is 14.2 Å². The van der Waals surface area contributed by atoms with Gasteiger partial charge in [0, 0.05) is 19.6 Å². The lowest BCUT2D eigenvalue weighted by Crippen LogP contribution is -2.48. The number of nitrogens with zero attached hydrogens (tertiary/aromatic N) is 1. The minimum atomic E-state index is 0.383. The average molecular weight is 290 g/mol. The number of fused-ring (bicyclic) bond motifs is 1. The van der Waals surface area contributed by atoms with Gasteiger partial charge in [-0.2, -0.15) is 0 Å². The third kappa shape index (κ3) is 2.74. The number of rotatable bonds is 5. The van der Waals surface area contributed by atoms with Gasteiger partial charge in [-0.05, 0) is 54.5 Å². The monoisotopic (exact) mass is 290 g/mol. The topological polar surface area (TPSA) is 47.7 Å². The standard InChI is InChI=1S/C17H26N2O2/c1-20-15-8-13-4-7-19(10-14(13)9-16(15)21-2)12-17(11-18)5-3-6-17/h8-9H,3-7,10-12,18H2,1-2H3. The van der Waals surface area contributed by atoms with Crippen LogP contribution in [0.1, 0.15) is 30.4 Å². The van der Waals surface area contributed by atoms with Gasteiger partial charge in [-0.15, -0.1) is 0 Å². The molecule has 1 saturated carbocycles. The van der Waals surface area contributed by atoms with Crippen LogP contribution in [-0.2, 0) is 13.0 Å². The number of methoxy groups -OCH3 is 2. The highest BCUT2D eigenvalue weighted by Gasteiger charge is 2.37. The zero-order valence-electron chi connectivity index (χ0n) is 13.2. The maximum atomic E-state index is 6.00. The van der Waals surface area contributed by atoms with Crippen molar-refractivity contribution >= 4 is 0 Å². The van der Waals surface area contributed by atoms with Crippen molar-refractivity contribution in [2.24, 2.45) is 11.1 Å². The smallest absolute Gasteiger partial charge is 0.161 e. The first-order valence-electron chi connectivity index (χ1n) is 7.86. The molecule has 0 bridgehead atoms. The van der Waals surface area contributed by atoms with Crippen LogP contribution < -0.4 is 15.2 Å². The van der Waals surface area contributed by atoms with Crippen LogP contribution in [0.5, 0.6) is 11.5 Å². The third-order valence-electron chi connectivity index (χ3n) is 5.20. The third-order valence-corrected chi connectivity index (χ3v) is 5.20. The Kier molecular flexibility index (Phi) is 4.09. The lowest BCUT2D eigenvalue weighted by Gasteiger charge is -2.45. The summed E-state index contributed by atoms with van der Waals surface area (Å²) >= 11 is 0. The predicted octanol–water partition coefficient (Wildman–Crippen LogP) is 2.19. The van der Waals surface area contributed by atoms with E-state index in [-0.39, 0.29) is 0 Å². The Balaban J connectivity index is 1.75. The van der Waals surface area contributed by atoms with Crippen LogP contribution in [0, 0.1) is 5.41 Å². The van der Waals surface area contributed by atoms with Crippen molar-refractivity contribution in [3.63, 3.8) is 0 Å². The van der Waals surface area contributed by atoms with Crippen LogP contribution in [0.4, 0.5) is 0 Å². The molecule has 1 aliphatic heterocycles. The number of hydrogen-bond donors (Lipinski definition) is 1. The summed E-state index contributed by atoms with van der Waals surface area (Å²) < 4.78 is 10.8. The zero-order valence-corrected chi connectivity index (χ0v) is 13.2. The minimum Gasteiger partial charge on any atom is -0.493 e. The number of nitrogens with two attached hydrogens (primary N) is 1. The average Bonchev–Trinajstić information content (AvgIpc) is 2.49.